The Bertz CT molecular complexity index is 1430. The number of hydrogen-bond donors (Lipinski definition) is 0. The van der Waals surface area contributed by atoms with Crippen molar-refractivity contribution in [1.29, 1.82) is 0 Å². The summed E-state index contributed by atoms with van der Waals surface area (Å²) in [5.41, 5.74) is 2.79. The number of likely N-dealkylation sites (N-methyl/N-ethyl adjacent to an activating group) is 1. The predicted molar refractivity (Wildman–Crippen MR) is 128 cm³/mol. The normalized spacial score (nSPS) is 17.1. The molecule has 5 rings (SSSR count). The van der Waals surface area contributed by atoms with Gasteiger partial charge in [0.05, 0.1) is 5.52 Å². The van der Waals surface area contributed by atoms with E-state index in [9.17, 15) is 13.2 Å². The van der Waals surface area contributed by atoms with E-state index in [-0.39, 0.29) is 23.8 Å². The van der Waals surface area contributed by atoms with Crippen LogP contribution in [0.15, 0.2) is 96.0 Å². The van der Waals surface area contributed by atoms with Gasteiger partial charge in [0.2, 0.25) is 15.9 Å². The number of aromatic nitrogens is 1. The fourth-order valence-corrected chi connectivity index (χ4v) is 6.13. The van der Waals surface area contributed by atoms with Crippen LogP contribution in [0.3, 0.4) is 0 Å². The van der Waals surface area contributed by atoms with Crippen LogP contribution < -0.4 is 4.90 Å². The fraction of sp³-hybridized carbons (Fsp3) is 0.154. The van der Waals surface area contributed by atoms with Crippen molar-refractivity contribution >= 4 is 32.5 Å². The lowest BCUT2D eigenvalue weighted by Gasteiger charge is -2.29. The minimum Gasteiger partial charge on any atom is -0.314 e. The molecule has 2 heterocycles. The van der Waals surface area contributed by atoms with Gasteiger partial charge in [-0.25, -0.2) is 8.42 Å². The number of sulfonamides is 1. The summed E-state index contributed by atoms with van der Waals surface area (Å²) >= 11 is 0. The molecule has 1 amide bonds. The number of amides is 1. The minimum absolute atomic E-state index is 0.0926. The molecule has 0 spiro atoms. The Balaban J connectivity index is 1.69. The summed E-state index contributed by atoms with van der Waals surface area (Å²) in [7, 11) is -2.35. The van der Waals surface area contributed by atoms with E-state index in [2.05, 4.69) is 4.98 Å². The molecule has 1 aliphatic rings. The third-order valence-electron chi connectivity index (χ3n) is 6.10. The zero-order valence-electron chi connectivity index (χ0n) is 18.1. The molecule has 1 atom stereocenters. The summed E-state index contributed by atoms with van der Waals surface area (Å²) < 4.78 is 29.6. The summed E-state index contributed by atoms with van der Waals surface area (Å²) in [6.45, 7) is 0.0926. The van der Waals surface area contributed by atoms with Crippen LogP contribution in [-0.2, 0) is 27.8 Å². The average Bonchev–Trinajstić information content (AvgIpc) is 2.95. The van der Waals surface area contributed by atoms with Gasteiger partial charge in [-0.3, -0.25) is 9.78 Å². The van der Waals surface area contributed by atoms with Crippen molar-refractivity contribution in [2.24, 2.45) is 0 Å². The zero-order valence-corrected chi connectivity index (χ0v) is 18.9. The van der Waals surface area contributed by atoms with E-state index in [1.807, 2.05) is 66.7 Å². The molecule has 0 fully saturated rings. The third-order valence-corrected chi connectivity index (χ3v) is 7.98. The van der Waals surface area contributed by atoms with Crippen molar-refractivity contribution in [3.63, 3.8) is 0 Å². The van der Waals surface area contributed by atoms with E-state index in [1.54, 1.807) is 36.3 Å². The second-order valence-corrected chi connectivity index (χ2v) is 9.97. The molecule has 166 valence electrons. The standard InChI is InChI=1S/C26H23N3O3S/c1-28-22-14-6-5-11-21(22)18-29(23(26(28)30)17-19-9-3-2-4-10-19)33(31,32)24-15-7-12-20-13-8-16-27-25(20)24/h2-16,23H,17-18H2,1H3/t23-/m1/s1. The van der Waals surface area contributed by atoms with Gasteiger partial charge in [-0.2, -0.15) is 4.31 Å². The summed E-state index contributed by atoms with van der Waals surface area (Å²) in [5, 5.41) is 0.733. The van der Waals surface area contributed by atoms with E-state index in [4.69, 9.17) is 0 Å². The van der Waals surface area contributed by atoms with Gasteiger partial charge in [0, 0.05) is 30.9 Å². The topological polar surface area (TPSA) is 70.6 Å². The monoisotopic (exact) mass is 457 g/mol. The summed E-state index contributed by atoms with van der Waals surface area (Å²) in [6, 6.07) is 24.8. The van der Waals surface area contributed by atoms with Crippen molar-refractivity contribution in [2.75, 3.05) is 11.9 Å². The van der Waals surface area contributed by atoms with Gasteiger partial charge in [0.25, 0.3) is 0 Å². The molecule has 0 N–H and O–H groups in total. The molecule has 7 heteroatoms. The van der Waals surface area contributed by atoms with Crippen molar-refractivity contribution in [3.05, 3.63) is 102 Å². The molecular formula is C26H23N3O3S. The van der Waals surface area contributed by atoms with Crippen molar-refractivity contribution in [2.45, 2.75) is 23.9 Å². The number of anilines is 1. The van der Waals surface area contributed by atoms with Crippen LogP contribution in [0, 0.1) is 0 Å². The molecular weight excluding hydrogens is 434 g/mol. The summed E-state index contributed by atoms with van der Waals surface area (Å²) in [4.78, 5) is 19.7. The second-order valence-electron chi connectivity index (χ2n) is 8.11. The molecule has 0 unspecified atom stereocenters. The van der Waals surface area contributed by atoms with Crippen molar-refractivity contribution in [3.8, 4) is 0 Å². The molecule has 6 nitrogen and oxygen atoms in total. The van der Waals surface area contributed by atoms with E-state index in [0.29, 0.717) is 11.2 Å². The third kappa shape index (κ3) is 3.79. The Kier molecular flexibility index (Phi) is 5.44. The van der Waals surface area contributed by atoms with E-state index in [1.165, 1.54) is 4.31 Å². The van der Waals surface area contributed by atoms with Gasteiger partial charge in [0.15, 0.2) is 0 Å². The number of rotatable bonds is 4. The molecule has 0 bridgehead atoms. The van der Waals surface area contributed by atoms with Crippen LogP contribution in [0.5, 0.6) is 0 Å². The minimum atomic E-state index is -4.06. The highest BCUT2D eigenvalue weighted by molar-refractivity contribution is 7.89. The first kappa shape index (κ1) is 21.3. The highest BCUT2D eigenvalue weighted by Gasteiger charge is 2.41. The predicted octanol–water partition coefficient (Wildman–Crippen LogP) is 4.01. The smallest absolute Gasteiger partial charge is 0.246 e. The Morgan fingerprint density at radius 2 is 1.64 bits per heavy atom. The molecule has 0 saturated carbocycles. The van der Waals surface area contributed by atoms with Crippen LogP contribution >= 0.6 is 0 Å². The molecule has 0 aliphatic carbocycles. The van der Waals surface area contributed by atoms with E-state index < -0.39 is 16.1 Å². The maximum absolute atomic E-state index is 14.1. The number of para-hydroxylation sites is 2. The molecule has 4 aromatic rings. The van der Waals surface area contributed by atoms with Crippen molar-refractivity contribution in [1.82, 2.24) is 9.29 Å². The van der Waals surface area contributed by atoms with Gasteiger partial charge < -0.3 is 4.90 Å². The Labute approximate surface area is 193 Å². The second kappa shape index (κ2) is 8.42. The van der Waals surface area contributed by atoms with Crippen LogP contribution in [-0.4, -0.2) is 36.7 Å². The maximum Gasteiger partial charge on any atom is 0.246 e. The van der Waals surface area contributed by atoms with Gasteiger partial charge >= 0.3 is 0 Å². The largest absolute Gasteiger partial charge is 0.314 e. The number of pyridine rings is 1. The molecule has 0 radical (unpaired) electrons. The van der Waals surface area contributed by atoms with Gasteiger partial charge in [-0.05, 0) is 35.7 Å². The highest BCUT2D eigenvalue weighted by atomic mass is 32.2. The molecule has 3 aromatic carbocycles. The number of hydrogen-bond acceptors (Lipinski definition) is 4. The average molecular weight is 458 g/mol. The number of carbonyl (C=O) groups is 1. The number of benzene rings is 3. The lowest BCUT2D eigenvalue weighted by atomic mass is 10.1. The Morgan fingerprint density at radius 3 is 2.45 bits per heavy atom. The van der Waals surface area contributed by atoms with Crippen LogP contribution in [0.4, 0.5) is 5.69 Å². The quantitative estimate of drug-likeness (QED) is 0.464. The first-order valence-corrected chi connectivity index (χ1v) is 12.2. The zero-order chi connectivity index (χ0) is 23.0. The number of nitrogens with zero attached hydrogens (tertiary/aromatic N) is 3. The van der Waals surface area contributed by atoms with Crippen molar-refractivity contribution < 1.29 is 13.2 Å². The first-order chi connectivity index (χ1) is 16.0. The van der Waals surface area contributed by atoms with Crippen LogP contribution in [0.1, 0.15) is 11.1 Å². The summed E-state index contributed by atoms with van der Waals surface area (Å²) in [6.07, 6.45) is 1.86. The Morgan fingerprint density at radius 1 is 0.909 bits per heavy atom. The lowest BCUT2D eigenvalue weighted by molar-refractivity contribution is -0.121. The number of fused-ring (bicyclic) bond motifs is 2. The fourth-order valence-electron chi connectivity index (χ4n) is 4.40. The van der Waals surface area contributed by atoms with Gasteiger partial charge in [0.1, 0.15) is 10.9 Å². The molecule has 1 aromatic heterocycles. The molecule has 0 saturated heterocycles. The molecule has 33 heavy (non-hydrogen) atoms. The molecule has 1 aliphatic heterocycles. The highest BCUT2D eigenvalue weighted by Crippen LogP contribution is 2.33. The number of carbonyl (C=O) groups excluding carboxylic acids is 1. The van der Waals surface area contributed by atoms with E-state index in [0.717, 1.165) is 16.5 Å². The SMILES string of the molecule is CN1C(=O)[C@@H](Cc2ccccc2)N(S(=O)(=O)c2cccc3cccnc23)Cc2ccccc21. The lowest BCUT2D eigenvalue weighted by Crippen LogP contribution is -2.49. The summed E-state index contributed by atoms with van der Waals surface area (Å²) in [5.74, 6) is -0.263. The van der Waals surface area contributed by atoms with Crippen LogP contribution in [0.25, 0.3) is 10.9 Å². The van der Waals surface area contributed by atoms with Gasteiger partial charge in [-0.1, -0.05) is 66.7 Å². The maximum atomic E-state index is 14.1. The van der Waals surface area contributed by atoms with Gasteiger partial charge in [-0.15, -0.1) is 0 Å². The van der Waals surface area contributed by atoms with E-state index >= 15 is 0 Å². The van der Waals surface area contributed by atoms with Crippen LogP contribution in [0.2, 0.25) is 0 Å². The Hall–Kier alpha value is -3.55. The first-order valence-electron chi connectivity index (χ1n) is 10.7.